The molecule has 0 aliphatic rings. The van der Waals surface area contributed by atoms with E-state index in [4.69, 9.17) is 11.6 Å². The highest BCUT2D eigenvalue weighted by molar-refractivity contribution is 9.10. The van der Waals surface area contributed by atoms with Gasteiger partial charge in [-0.15, -0.1) is 0 Å². The van der Waals surface area contributed by atoms with E-state index in [9.17, 15) is 4.39 Å². The Kier molecular flexibility index (Phi) is 3.65. The first-order chi connectivity index (χ1) is 8.54. The van der Waals surface area contributed by atoms with Crippen LogP contribution in [0.2, 0.25) is 0 Å². The van der Waals surface area contributed by atoms with Crippen molar-refractivity contribution in [1.29, 1.82) is 0 Å². The van der Waals surface area contributed by atoms with E-state index in [2.05, 4.69) is 26.5 Å². The predicted molar refractivity (Wildman–Crippen MR) is 70.9 cm³/mol. The quantitative estimate of drug-likeness (QED) is 0.592. The number of rotatable bonds is 3. The number of nitrogens with one attached hydrogen (secondary N) is 1. The standard InChI is InChI=1S/C11H13BrFN5/c1-18-11(14)8(5-16-18)10(17-15)7-4-6(12)2-3-9(7)13/h2-5,10,17H,14-15H2,1H3. The van der Waals surface area contributed by atoms with Gasteiger partial charge in [-0.3, -0.25) is 10.5 Å². The first-order valence-corrected chi connectivity index (χ1v) is 6.02. The molecule has 0 aliphatic heterocycles. The zero-order chi connectivity index (χ0) is 13.3. The summed E-state index contributed by atoms with van der Waals surface area (Å²) in [6.07, 6.45) is 1.57. The molecule has 1 heterocycles. The maximum atomic E-state index is 13.8. The lowest BCUT2D eigenvalue weighted by atomic mass is 10.0. The minimum absolute atomic E-state index is 0.357. The monoisotopic (exact) mass is 313 g/mol. The Balaban J connectivity index is 2.51. The van der Waals surface area contributed by atoms with Crippen LogP contribution >= 0.6 is 15.9 Å². The summed E-state index contributed by atoms with van der Waals surface area (Å²) in [7, 11) is 1.71. The van der Waals surface area contributed by atoms with Crippen molar-refractivity contribution in [1.82, 2.24) is 15.2 Å². The van der Waals surface area contributed by atoms with E-state index in [-0.39, 0.29) is 5.82 Å². The molecule has 18 heavy (non-hydrogen) atoms. The van der Waals surface area contributed by atoms with Gasteiger partial charge < -0.3 is 5.73 Å². The van der Waals surface area contributed by atoms with Gasteiger partial charge >= 0.3 is 0 Å². The van der Waals surface area contributed by atoms with Crippen LogP contribution in [0.5, 0.6) is 0 Å². The van der Waals surface area contributed by atoms with Gasteiger partial charge in [-0.1, -0.05) is 15.9 Å². The molecule has 0 aliphatic carbocycles. The van der Waals surface area contributed by atoms with Crippen molar-refractivity contribution in [2.24, 2.45) is 12.9 Å². The molecule has 5 N–H and O–H groups in total. The highest BCUT2D eigenvalue weighted by Gasteiger charge is 2.21. The van der Waals surface area contributed by atoms with Gasteiger partial charge in [-0.05, 0) is 18.2 Å². The molecule has 7 heteroatoms. The van der Waals surface area contributed by atoms with Gasteiger partial charge in [0.05, 0.1) is 12.2 Å². The molecular formula is C11H13BrFN5. The fraction of sp³-hybridized carbons (Fsp3) is 0.182. The highest BCUT2D eigenvalue weighted by atomic mass is 79.9. The number of halogens is 2. The number of hydrazine groups is 1. The molecule has 2 aromatic rings. The molecule has 0 bridgehead atoms. The molecule has 96 valence electrons. The molecule has 5 nitrogen and oxygen atoms in total. The average molecular weight is 314 g/mol. The van der Waals surface area contributed by atoms with Crippen molar-refractivity contribution in [3.05, 3.63) is 45.8 Å². The lowest BCUT2D eigenvalue weighted by Gasteiger charge is -2.17. The molecule has 2 rings (SSSR count). The third kappa shape index (κ3) is 2.24. The van der Waals surface area contributed by atoms with Crippen LogP contribution in [-0.2, 0) is 7.05 Å². The molecule has 1 aromatic heterocycles. The maximum absolute atomic E-state index is 13.8. The summed E-state index contributed by atoms with van der Waals surface area (Å²) < 4.78 is 16.1. The molecule has 1 unspecified atom stereocenters. The second kappa shape index (κ2) is 5.05. The third-order valence-corrected chi connectivity index (χ3v) is 3.25. The smallest absolute Gasteiger partial charge is 0.128 e. The highest BCUT2D eigenvalue weighted by Crippen LogP contribution is 2.29. The number of nitrogens with two attached hydrogens (primary N) is 2. The van der Waals surface area contributed by atoms with E-state index in [1.54, 1.807) is 25.4 Å². The maximum Gasteiger partial charge on any atom is 0.128 e. The molecule has 0 saturated carbocycles. The van der Waals surface area contributed by atoms with Gasteiger partial charge in [0.2, 0.25) is 0 Å². The summed E-state index contributed by atoms with van der Waals surface area (Å²) in [6.45, 7) is 0. The van der Waals surface area contributed by atoms with Crippen LogP contribution in [0.1, 0.15) is 17.2 Å². The van der Waals surface area contributed by atoms with Gasteiger partial charge in [-0.2, -0.15) is 5.10 Å². The average Bonchev–Trinajstić information content (AvgIpc) is 2.67. The van der Waals surface area contributed by atoms with E-state index in [1.807, 2.05) is 0 Å². The first kappa shape index (κ1) is 13.0. The largest absolute Gasteiger partial charge is 0.384 e. The lowest BCUT2D eigenvalue weighted by Crippen LogP contribution is -2.30. The van der Waals surface area contributed by atoms with Crippen molar-refractivity contribution in [2.75, 3.05) is 5.73 Å². The Bertz CT molecular complexity index is 569. The van der Waals surface area contributed by atoms with Crippen molar-refractivity contribution in [2.45, 2.75) is 6.04 Å². The number of benzene rings is 1. The van der Waals surface area contributed by atoms with Gasteiger partial charge in [-0.25, -0.2) is 9.82 Å². The van der Waals surface area contributed by atoms with Gasteiger partial charge in [0.15, 0.2) is 0 Å². The molecular weight excluding hydrogens is 301 g/mol. The van der Waals surface area contributed by atoms with E-state index < -0.39 is 6.04 Å². The number of hydrogen-bond acceptors (Lipinski definition) is 4. The van der Waals surface area contributed by atoms with E-state index >= 15 is 0 Å². The van der Waals surface area contributed by atoms with Crippen LogP contribution in [0, 0.1) is 5.82 Å². The second-order valence-electron chi connectivity index (χ2n) is 3.87. The number of aryl methyl sites for hydroxylation is 1. The summed E-state index contributed by atoms with van der Waals surface area (Å²) in [5.74, 6) is 5.59. The molecule has 0 fully saturated rings. The van der Waals surface area contributed by atoms with E-state index in [0.29, 0.717) is 16.9 Å². The zero-order valence-electron chi connectivity index (χ0n) is 9.69. The Morgan fingerprint density at radius 2 is 2.17 bits per heavy atom. The van der Waals surface area contributed by atoms with E-state index in [1.165, 1.54) is 10.7 Å². The SMILES string of the molecule is Cn1ncc(C(NN)c2cc(Br)ccc2F)c1N. The Morgan fingerprint density at radius 1 is 1.44 bits per heavy atom. The van der Waals surface area contributed by atoms with Crippen LogP contribution in [-0.4, -0.2) is 9.78 Å². The Morgan fingerprint density at radius 3 is 2.72 bits per heavy atom. The number of anilines is 1. The summed E-state index contributed by atoms with van der Waals surface area (Å²) in [6, 6.07) is 4.11. The van der Waals surface area contributed by atoms with Crippen LogP contribution in [0.25, 0.3) is 0 Å². The van der Waals surface area contributed by atoms with Crippen LogP contribution < -0.4 is 17.0 Å². The van der Waals surface area contributed by atoms with Crippen LogP contribution in [0.15, 0.2) is 28.9 Å². The molecule has 0 radical (unpaired) electrons. The fourth-order valence-electron chi connectivity index (χ4n) is 1.77. The molecule has 1 aromatic carbocycles. The topological polar surface area (TPSA) is 81.9 Å². The first-order valence-electron chi connectivity index (χ1n) is 5.23. The minimum atomic E-state index is -0.545. The second-order valence-corrected chi connectivity index (χ2v) is 4.79. The number of aromatic nitrogens is 2. The third-order valence-electron chi connectivity index (χ3n) is 2.76. The fourth-order valence-corrected chi connectivity index (χ4v) is 2.15. The minimum Gasteiger partial charge on any atom is -0.384 e. The molecule has 0 saturated heterocycles. The van der Waals surface area contributed by atoms with Crippen LogP contribution in [0.4, 0.5) is 10.2 Å². The Labute approximate surface area is 112 Å². The van der Waals surface area contributed by atoms with Crippen molar-refractivity contribution < 1.29 is 4.39 Å². The predicted octanol–water partition coefficient (Wildman–Crippen LogP) is 1.46. The molecule has 1 atom stereocenters. The van der Waals surface area contributed by atoms with Crippen molar-refractivity contribution in [3.63, 3.8) is 0 Å². The number of nitrogens with zero attached hydrogens (tertiary/aromatic N) is 2. The molecule has 0 spiro atoms. The van der Waals surface area contributed by atoms with Crippen molar-refractivity contribution in [3.8, 4) is 0 Å². The van der Waals surface area contributed by atoms with Gasteiger partial charge in [0.25, 0.3) is 0 Å². The van der Waals surface area contributed by atoms with E-state index in [0.717, 1.165) is 4.47 Å². The number of nitrogen functional groups attached to an aromatic ring is 1. The summed E-state index contributed by atoms with van der Waals surface area (Å²) in [5, 5.41) is 4.02. The summed E-state index contributed by atoms with van der Waals surface area (Å²) in [5.41, 5.74) is 9.48. The van der Waals surface area contributed by atoms with Gasteiger partial charge in [0.1, 0.15) is 11.6 Å². The van der Waals surface area contributed by atoms with Crippen LogP contribution in [0.3, 0.4) is 0 Å². The number of hydrogen-bond donors (Lipinski definition) is 3. The van der Waals surface area contributed by atoms with Gasteiger partial charge in [0, 0.05) is 22.6 Å². The lowest BCUT2D eigenvalue weighted by molar-refractivity contribution is 0.560. The molecule has 0 amide bonds. The summed E-state index contributed by atoms with van der Waals surface area (Å²) >= 11 is 3.30. The normalized spacial score (nSPS) is 12.7. The van der Waals surface area contributed by atoms with Crippen molar-refractivity contribution >= 4 is 21.7 Å². The Hall–Kier alpha value is -1.44. The summed E-state index contributed by atoms with van der Waals surface area (Å²) in [4.78, 5) is 0. The zero-order valence-corrected chi connectivity index (χ0v) is 11.3.